The number of carbonyl (C=O) groups excluding carboxylic acids is 2. The van der Waals surface area contributed by atoms with Gasteiger partial charge in [0.2, 0.25) is 0 Å². The fourth-order valence-corrected chi connectivity index (χ4v) is 1.73. The lowest BCUT2D eigenvalue weighted by Gasteiger charge is -1.97. The number of ketones is 2. The molecule has 0 aromatic rings. The van der Waals surface area contributed by atoms with Crippen LogP contribution in [0.1, 0.15) is 57.8 Å². The summed E-state index contributed by atoms with van der Waals surface area (Å²) in [5.74, 6) is 0.685. The van der Waals surface area contributed by atoms with Crippen LogP contribution in [0.25, 0.3) is 0 Å². The van der Waals surface area contributed by atoms with Gasteiger partial charge in [0.1, 0.15) is 11.6 Å². The number of carbonyl (C=O) groups is 2. The second-order valence-electron chi connectivity index (χ2n) is 3.85. The smallest absolute Gasteiger partial charge is 0.132 e. The van der Waals surface area contributed by atoms with Gasteiger partial charge in [-0.05, 0) is 19.3 Å². The third-order valence-corrected chi connectivity index (χ3v) is 2.57. The van der Waals surface area contributed by atoms with E-state index in [1.165, 1.54) is 0 Å². The molecule has 1 saturated carbocycles. The van der Waals surface area contributed by atoms with Crippen LogP contribution in [0, 0.1) is 0 Å². The summed E-state index contributed by atoms with van der Waals surface area (Å²) in [4.78, 5) is 22.4. The predicted octanol–water partition coefficient (Wildman–Crippen LogP) is 2.65. The molecule has 0 atom stereocenters. The highest BCUT2D eigenvalue weighted by Crippen LogP contribution is 2.12. The molecule has 0 amide bonds. The van der Waals surface area contributed by atoms with Gasteiger partial charge in [-0.1, -0.05) is 12.8 Å². The van der Waals surface area contributed by atoms with Crippen LogP contribution in [0.5, 0.6) is 0 Å². The van der Waals surface area contributed by atoms with Gasteiger partial charge in [-0.25, -0.2) is 0 Å². The Hall–Kier alpha value is -0.660. The van der Waals surface area contributed by atoms with Crippen molar-refractivity contribution < 1.29 is 9.59 Å². The maximum Gasteiger partial charge on any atom is 0.132 e. The first-order chi connectivity index (χ1) is 6.29. The van der Waals surface area contributed by atoms with Crippen molar-refractivity contribution in [3.05, 3.63) is 0 Å². The number of hydrogen-bond acceptors (Lipinski definition) is 2. The molecule has 0 unspecified atom stereocenters. The zero-order valence-electron chi connectivity index (χ0n) is 8.18. The van der Waals surface area contributed by atoms with Crippen molar-refractivity contribution >= 4 is 11.6 Å². The third kappa shape index (κ3) is 4.81. The Kier molecular flexibility index (Phi) is 4.73. The van der Waals surface area contributed by atoms with Gasteiger partial charge in [-0.15, -0.1) is 0 Å². The standard InChI is InChI=1S/C11H18O2/c12-10-6-3-1-2-4-7-11(13)9-5-8-10/h1-9H2. The highest BCUT2D eigenvalue weighted by atomic mass is 16.1. The molecule has 0 aromatic carbocycles. The van der Waals surface area contributed by atoms with Gasteiger partial charge in [-0.2, -0.15) is 0 Å². The first kappa shape index (κ1) is 10.4. The minimum absolute atomic E-state index is 0.342. The molecule has 0 saturated heterocycles. The molecule has 0 aromatic heterocycles. The van der Waals surface area contributed by atoms with Crippen LogP contribution in [-0.2, 0) is 9.59 Å². The minimum Gasteiger partial charge on any atom is -0.300 e. The van der Waals surface area contributed by atoms with Crippen LogP contribution in [0.4, 0.5) is 0 Å². The highest BCUT2D eigenvalue weighted by molar-refractivity contribution is 5.81. The van der Waals surface area contributed by atoms with Crippen molar-refractivity contribution in [3.8, 4) is 0 Å². The third-order valence-electron chi connectivity index (χ3n) is 2.57. The summed E-state index contributed by atoms with van der Waals surface area (Å²) in [6.07, 6.45) is 7.73. The van der Waals surface area contributed by atoms with Crippen LogP contribution in [0.3, 0.4) is 0 Å². The van der Waals surface area contributed by atoms with Crippen molar-refractivity contribution in [2.75, 3.05) is 0 Å². The maximum atomic E-state index is 11.2. The lowest BCUT2D eigenvalue weighted by atomic mass is 10.1. The van der Waals surface area contributed by atoms with Crippen molar-refractivity contribution in [1.82, 2.24) is 0 Å². The van der Waals surface area contributed by atoms with E-state index in [-0.39, 0.29) is 0 Å². The molecule has 74 valence electrons. The first-order valence-electron chi connectivity index (χ1n) is 5.32. The van der Waals surface area contributed by atoms with E-state index in [1.807, 2.05) is 0 Å². The molecule has 1 fully saturated rings. The first-order valence-corrected chi connectivity index (χ1v) is 5.32. The molecule has 0 aliphatic heterocycles. The molecule has 13 heavy (non-hydrogen) atoms. The largest absolute Gasteiger partial charge is 0.300 e. The normalized spacial score (nSPS) is 22.5. The lowest BCUT2D eigenvalue weighted by molar-refractivity contribution is -0.120. The fraction of sp³-hybridized carbons (Fsp3) is 0.818. The molecule has 2 nitrogen and oxygen atoms in total. The predicted molar refractivity (Wildman–Crippen MR) is 51.6 cm³/mol. The van der Waals surface area contributed by atoms with Crippen molar-refractivity contribution in [1.29, 1.82) is 0 Å². The van der Waals surface area contributed by atoms with Crippen LogP contribution in [0.2, 0.25) is 0 Å². The molecule has 0 heterocycles. The molecule has 0 bridgehead atoms. The monoisotopic (exact) mass is 182 g/mol. The molecule has 1 aliphatic rings. The van der Waals surface area contributed by atoms with E-state index in [4.69, 9.17) is 0 Å². The fourth-order valence-electron chi connectivity index (χ4n) is 1.73. The van der Waals surface area contributed by atoms with Gasteiger partial charge in [-0.3, -0.25) is 9.59 Å². The summed E-state index contributed by atoms with van der Waals surface area (Å²) in [6.45, 7) is 0. The van der Waals surface area contributed by atoms with Gasteiger partial charge >= 0.3 is 0 Å². The van der Waals surface area contributed by atoms with Crippen molar-refractivity contribution in [2.24, 2.45) is 0 Å². The quantitative estimate of drug-likeness (QED) is 0.577. The van der Waals surface area contributed by atoms with Gasteiger partial charge in [0.15, 0.2) is 0 Å². The van der Waals surface area contributed by atoms with E-state index in [0.29, 0.717) is 24.4 Å². The van der Waals surface area contributed by atoms with E-state index >= 15 is 0 Å². The van der Waals surface area contributed by atoms with Gasteiger partial charge < -0.3 is 0 Å². The summed E-state index contributed by atoms with van der Waals surface area (Å²) in [6, 6.07) is 0. The number of rotatable bonds is 0. The number of Topliss-reactive ketones (excluding diaryl/α,β-unsaturated/α-hetero) is 2. The van der Waals surface area contributed by atoms with Gasteiger partial charge in [0.05, 0.1) is 0 Å². The van der Waals surface area contributed by atoms with Crippen molar-refractivity contribution in [3.63, 3.8) is 0 Å². The Labute approximate surface area is 79.7 Å². The summed E-state index contributed by atoms with van der Waals surface area (Å²) in [5.41, 5.74) is 0. The zero-order valence-corrected chi connectivity index (χ0v) is 8.18. The van der Waals surface area contributed by atoms with Crippen LogP contribution in [-0.4, -0.2) is 11.6 Å². The van der Waals surface area contributed by atoms with Crippen LogP contribution < -0.4 is 0 Å². The molecule has 0 radical (unpaired) electrons. The van der Waals surface area contributed by atoms with Crippen molar-refractivity contribution in [2.45, 2.75) is 57.8 Å². The molecular formula is C11H18O2. The Balaban J connectivity index is 2.31. The Morgan fingerprint density at radius 3 is 1.38 bits per heavy atom. The maximum absolute atomic E-state index is 11.2. The molecular weight excluding hydrogens is 164 g/mol. The Morgan fingerprint density at radius 2 is 0.923 bits per heavy atom. The zero-order chi connectivity index (χ0) is 9.52. The summed E-state index contributed by atoms with van der Waals surface area (Å²) in [7, 11) is 0. The lowest BCUT2D eigenvalue weighted by Crippen LogP contribution is -2.00. The van der Waals surface area contributed by atoms with Gasteiger partial charge in [0.25, 0.3) is 0 Å². The summed E-state index contributed by atoms with van der Waals surface area (Å²) < 4.78 is 0. The van der Waals surface area contributed by atoms with E-state index < -0.39 is 0 Å². The van der Waals surface area contributed by atoms with E-state index in [9.17, 15) is 9.59 Å². The molecule has 1 aliphatic carbocycles. The topological polar surface area (TPSA) is 34.1 Å². The molecule has 2 heteroatoms. The average Bonchev–Trinajstić information content (AvgIpc) is 2.13. The molecule has 0 N–H and O–H groups in total. The van der Waals surface area contributed by atoms with Gasteiger partial charge in [0, 0.05) is 25.7 Å². The minimum atomic E-state index is 0.342. The van der Waals surface area contributed by atoms with E-state index in [0.717, 1.165) is 44.9 Å². The average molecular weight is 182 g/mol. The van der Waals surface area contributed by atoms with E-state index in [2.05, 4.69) is 0 Å². The summed E-state index contributed by atoms with van der Waals surface area (Å²) in [5, 5.41) is 0. The highest BCUT2D eigenvalue weighted by Gasteiger charge is 2.07. The second kappa shape index (κ2) is 5.90. The summed E-state index contributed by atoms with van der Waals surface area (Å²) >= 11 is 0. The molecule has 0 spiro atoms. The Morgan fingerprint density at radius 1 is 0.538 bits per heavy atom. The number of hydrogen-bond donors (Lipinski definition) is 0. The SMILES string of the molecule is O=C1CCCCCCC(=O)CCC1. The van der Waals surface area contributed by atoms with E-state index in [1.54, 1.807) is 0 Å². The van der Waals surface area contributed by atoms with Crippen LogP contribution in [0.15, 0.2) is 0 Å². The van der Waals surface area contributed by atoms with Crippen LogP contribution >= 0.6 is 0 Å². The molecule has 1 rings (SSSR count). The Bertz CT molecular complexity index is 165. The second-order valence-corrected chi connectivity index (χ2v) is 3.85.